The van der Waals surface area contributed by atoms with Gasteiger partial charge in [-0.15, -0.1) is 6.42 Å². The first kappa shape index (κ1) is 10.3. The second-order valence-corrected chi connectivity index (χ2v) is 3.43. The highest BCUT2D eigenvalue weighted by atomic mass is 14.9. The van der Waals surface area contributed by atoms with E-state index < -0.39 is 0 Å². The summed E-state index contributed by atoms with van der Waals surface area (Å²) in [6.07, 6.45) is 8.91. The minimum atomic E-state index is 0.774. The smallest absolute Gasteiger partial charge is 0.0401 e. The molecule has 0 radical (unpaired) electrons. The zero-order valence-corrected chi connectivity index (χ0v) is 8.85. The Balaban J connectivity index is 2.03. The number of aromatic nitrogens is 1. The van der Waals surface area contributed by atoms with Crippen LogP contribution >= 0.6 is 0 Å². The van der Waals surface area contributed by atoms with Crippen molar-refractivity contribution in [2.75, 3.05) is 5.32 Å². The summed E-state index contributed by atoms with van der Waals surface area (Å²) in [6, 6.07) is 11.8. The number of rotatable bonds is 3. The maximum Gasteiger partial charge on any atom is 0.0401 e. The Morgan fingerprint density at radius 1 is 1.19 bits per heavy atom. The summed E-state index contributed by atoms with van der Waals surface area (Å²) in [6.45, 7) is 0.774. The van der Waals surface area contributed by atoms with E-state index in [0.717, 1.165) is 17.8 Å². The Labute approximate surface area is 95.4 Å². The molecule has 0 saturated heterocycles. The van der Waals surface area contributed by atoms with Gasteiger partial charge in [-0.3, -0.25) is 4.98 Å². The zero-order chi connectivity index (χ0) is 11.2. The molecule has 1 aromatic heterocycles. The Morgan fingerprint density at radius 2 is 2.00 bits per heavy atom. The van der Waals surface area contributed by atoms with E-state index in [0.29, 0.717) is 0 Å². The van der Waals surface area contributed by atoms with Gasteiger partial charge in [0.25, 0.3) is 0 Å². The summed E-state index contributed by atoms with van der Waals surface area (Å²) in [7, 11) is 0. The van der Waals surface area contributed by atoms with Crippen molar-refractivity contribution in [3.63, 3.8) is 0 Å². The number of nitrogens with zero attached hydrogens (tertiary/aromatic N) is 1. The van der Waals surface area contributed by atoms with Crippen molar-refractivity contribution in [1.82, 2.24) is 4.98 Å². The maximum absolute atomic E-state index is 5.34. The van der Waals surface area contributed by atoms with Crippen molar-refractivity contribution in [2.45, 2.75) is 6.54 Å². The van der Waals surface area contributed by atoms with Crippen molar-refractivity contribution in [2.24, 2.45) is 0 Å². The summed E-state index contributed by atoms with van der Waals surface area (Å²) in [5.41, 5.74) is 3.12. The molecule has 1 aromatic carbocycles. The molecular formula is C14H12N2. The standard InChI is InChI=1S/C14H12N2/c1-2-12-4-3-5-14(10-12)16-11-13-6-8-15-9-7-13/h1,3-10,16H,11H2. The lowest BCUT2D eigenvalue weighted by Gasteiger charge is -2.06. The van der Waals surface area contributed by atoms with Crippen LogP contribution < -0.4 is 5.32 Å². The molecule has 16 heavy (non-hydrogen) atoms. The quantitative estimate of drug-likeness (QED) is 0.784. The van der Waals surface area contributed by atoms with E-state index in [1.165, 1.54) is 5.56 Å². The highest BCUT2D eigenvalue weighted by molar-refractivity contribution is 5.50. The molecule has 0 amide bonds. The zero-order valence-electron chi connectivity index (χ0n) is 8.85. The predicted molar refractivity (Wildman–Crippen MR) is 65.9 cm³/mol. The molecule has 0 aliphatic heterocycles. The molecule has 0 unspecified atom stereocenters. The SMILES string of the molecule is C#Cc1cccc(NCc2ccncc2)c1. The third-order valence-corrected chi connectivity index (χ3v) is 2.28. The van der Waals surface area contributed by atoms with Gasteiger partial charge in [0.2, 0.25) is 0 Å². The van der Waals surface area contributed by atoms with Crippen LogP contribution in [0.5, 0.6) is 0 Å². The first-order valence-corrected chi connectivity index (χ1v) is 5.08. The van der Waals surface area contributed by atoms with Gasteiger partial charge in [0, 0.05) is 30.2 Å². The molecule has 0 fully saturated rings. The van der Waals surface area contributed by atoms with Crippen molar-refractivity contribution < 1.29 is 0 Å². The predicted octanol–water partition coefficient (Wildman–Crippen LogP) is 2.68. The first-order valence-electron chi connectivity index (χ1n) is 5.08. The molecule has 0 bridgehead atoms. The largest absolute Gasteiger partial charge is 0.381 e. The Hall–Kier alpha value is -2.27. The summed E-state index contributed by atoms with van der Waals surface area (Å²) in [4.78, 5) is 3.97. The van der Waals surface area contributed by atoms with E-state index in [-0.39, 0.29) is 0 Å². The van der Waals surface area contributed by atoms with Crippen molar-refractivity contribution in [1.29, 1.82) is 0 Å². The van der Waals surface area contributed by atoms with Crippen molar-refractivity contribution >= 4 is 5.69 Å². The molecule has 2 rings (SSSR count). The van der Waals surface area contributed by atoms with Crippen LogP contribution in [0, 0.1) is 12.3 Å². The minimum absolute atomic E-state index is 0.774. The number of hydrogen-bond donors (Lipinski definition) is 1. The molecule has 1 N–H and O–H groups in total. The molecule has 2 aromatic rings. The highest BCUT2D eigenvalue weighted by Crippen LogP contribution is 2.11. The number of benzene rings is 1. The fourth-order valence-electron chi connectivity index (χ4n) is 1.42. The van der Waals surface area contributed by atoms with E-state index in [1.807, 2.05) is 36.4 Å². The van der Waals surface area contributed by atoms with E-state index in [9.17, 15) is 0 Å². The second kappa shape index (κ2) is 4.99. The van der Waals surface area contributed by atoms with Gasteiger partial charge in [-0.05, 0) is 35.9 Å². The average Bonchev–Trinajstić information content (AvgIpc) is 2.38. The third kappa shape index (κ3) is 2.61. The molecular weight excluding hydrogens is 196 g/mol. The third-order valence-electron chi connectivity index (χ3n) is 2.28. The lowest BCUT2D eigenvalue weighted by Crippen LogP contribution is -1.99. The number of pyridine rings is 1. The van der Waals surface area contributed by atoms with Gasteiger partial charge in [0.1, 0.15) is 0 Å². The van der Waals surface area contributed by atoms with E-state index in [4.69, 9.17) is 6.42 Å². The van der Waals surface area contributed by atoms with Crippen LogP contribution in [0.2, 0.25) is 0 Å². The fraction of sp³-hybridized carbons (Fsp3) is 0.0714. The first-order chi connectivity index (χ1) is 7.88. The summed E-state index contributed by atoms with van der Waals surface area (Å²) < 4.78 is 0. The monoisotopic (exact) mass is 208 g/mol. The molecule has 0 spiro atoms. The number of anilines is 1. The molecule has 1 heterocycles. The van der Waals surface area contributed by atoms with Crippen LogP contribution in [-0.2, 0) is 6.54 Å². The minimum Gasteiger partial charge on any atom is -0.381 e. The van der Waals surface area contributed by atoms with Crippen LogP contribution in [0.15, 0.2) is 48.8 Å². The van der Waals surface area contributed by atoms with Crippen LogP contribution in [-0.4, -0.2) is 4.98 Å². The lowest BCUT2D eigenvalue weighted by molar-refractivity contribution is 1.13. The number of hydrogen-bond acceptors (Lipinski definition) is 2. The summed E-state index contributed by atoms with van der Waals surface area (Å²) in [5.74, 6) is 2.62. The van der Waals surface area contributed by atoms with Gasteiger partial charge in [0.05, 0.1) is 0 Å². The number of nitrogens with one attached hydrogen (secondary N) is 1. The Kier molecular flexibility index (Phi) is 3.20. The van der Waals surface area contributed by atoms with Gasteiger partial charge in [-0.2, -0.15) is 0 Å². The van der Waals surface area contributed by atoms with Crippen molar-refractivity contribution in [3.8, 4) is 12.3 Å². The van der Waals surface area contributed by atoms with E-state index in [1.54, 1.807) is 12.4 Å². The molecule has 0 aliphatic carbocycles. The van der Waals surface area contributed by atoms with E-state index in [2.05, 4.69) is 16.2 Å². The van der Waals surface area contributed by atoms with Gasteiger partial charge >= 0.3 is 0 Å². The van der Waals surface area contributed by atoms with Gasteiger partial charge in [-0.25, -0.2) is 0 Å². The molecule has 0 saturated carbocycles. The van der Waals surface area contributed by atoms with Crippen LogP contribution in [0.25, 0.3) is 0 Å². The molecule has 2 heteroatoms. The lowest BCUT2D eigenvalue weighted by atomic mass is 10.2. The molecule has 0 aliphatic rings. The van der Waals surface area contributed by atoms with Crippen LogP contribution in [0.1, 0.15) is 11.1 Å². The van der Waals surface area contributed by atoms with Crippen LogP contribution in [0.3, 0.4) is 0 Å². The Bertz CT molecular complexity index is 498. The normalized spacial score (nSPS) is 9.44. The highest BCUT2D eigenvalue weighted by Gasteiger charge is 1.94. The average molecular weight is 208 g/mol. The summed E-state index contributed by atoms with van der Waals surface area (Å²) in [5, 5.41) is 3.31. The molecule has 0 atom stereocenters. The summed E-state index contributed by atoms with van der Waals surface area (Å²) >= 11 is 0. The topological polar surface area (TPSA) is 24.9 Å². The second-order valence-electron chi connectivity index (χ2n) is 3.43. The van der Waals surface area contributed by atoms with E-state index >= 15 is 0 Å². The number of terminal acetylenes is 1. The maximum atomic E-state index is 5.34. The Morgan fingerprint density at radius 3 is 2.75 bits per heavy atom. The molecule has 78 valence electrons. The fourth-order valence-corrected chi connectivity index (χ4v) is 1.42. The molecule has 2 nitrogen and oxygen atoms in total. The van der Waals surface area contributed by atoms with Gasteiger partial charge < -0.3 is 5.32 Å². The van der Waals surface area contributed by atoms with Gasteiger partial charge in [-0.1, -0.05) is 12.0 Å². The van der Waals surface area contributed by atoms with Gasteiger partial charge in [0.15, 0.2) is 0 Å². The van der Waals surface area contributed by atoms with Crippen LogP contribution in [0.4, 0.5) is 5.69 Å². The van der Waals surface area contributed by atoms with Crippen molar-refractivity contribution in [3.05, 3.63) is 59.9 Å².